The van der Waals surface area contributed by atoms with Crippen molar-refractivity contribution in [3.05, 3.63) is 0 Å². The first-order valence-corrected chi connectivity index (χ1v) is 4.70. The zero-order valence-electron chi connectivity index (χ0n) is 6.50. The molecule has 4 heteroatoms. The van der Waals surface area contributed by atoms with Crippen LogP contribution in [0.25, 0.3) is 0 Å². The van der Waals surface area contributed by atoms with Crippen LogP contribution < -0.4 is 0 Å². The Labute approximate surface area is 70.2 Å². The highest BCUT2D eigenvalue weighted by Gasteiger charge is 2.31. The summed E-state index contributed by atoms with van der Waals surface area (Å²) in [6.07, 6.45) is 3.22. The predicted molar refractivity (Wildman–Crippen MR) is 44.4 cm³/mol. The topological polar surface area (TPSA) is 38.7 Å². The summed E-state index contributed by atoms with van der Waals surface area (Å²) >= 11 is 1.87. The van der Waals surface area contributed by atoms with Gasteiger partial charge in [-0.3, -0.25) is 0 Å². The van der Waals surface area contributed by atoms with Gasteiger partial charge >= 0.3 is 0 Å². The molecule has 0 atom stereocenters. The maximum absolute atomic E-state index is 10.1. The molecular weight excluding hydrogens is 162 g/mol. The Balaban J connectivity index is 2.64. The highest BCUT2D eigenvalue weighted by Crippen LogP contribution is 2.30. The molecule has 1 aliphatic rings. The monoisotopic (exact) mass is 173 g/mol. The third-order valence-corrected chi connectivity index (χ3v) is 2.89. The van der Waals surface area contributed by atoms with Crippen molar-refractivity contribution in [2.75, 3.05) is 18.6 Å². The third-order valence-electron chi connectivity index (χ3n) is 1.90. The molecule has 62 valence electrons. The molecule has 0 aromatic carbocycles. The van der Waals surface area contributed by atoms with E-state index in [0.29, 0.717) is 0 Å². The van der Waals surface area contributed by atoms with E-state index in [-0.39, 0.29) is 0 Å². The minimum atomic E-state index is -0.549. The standard InChI is InChI=1S/C7H11NO2S/c1-10-7(8-6-9)2-4-11-5-3-7/h2-5H2,1H3. The van der Waals surface area contributed by atoms with E-state index in [1.54, 1.807) is 13.2 Å². The Morgan fingerprint density at radius 1 is 1.55 bits per heavy atom. The van der Waals surface area contributed by atoms with Gasteiger partial charge in [0.05, 0.1) is 0 Å². The fraction of sp³-hybridized carbons (Fsp3) is 0.857. The lowest BCUT2D eigenvalue weighted by atomic mass is 10.1. The van der Waals surface area contributed by atoms with Crippen LogP contribution in [0.2, 0.25) is 0 Å². The van der Waals surface area contributed by atoms with E-state index < -0.39 is 5.72 Å². The molecule has 3 nitrogen and oxygen atoms in total. The Bertz CT molecular complexity index is 171. The second kappa shape index (κ2) is 3.90. The van der Waals surface area contributed by atoms with Crippen LogP contribution >= 0.6 is 11.8 Å². The molecule has 0 saturated carbocycles. The molecule has 11 heavy (non-hydrogen) atoms. The zero-order valence-corrected chi connectivity index (χ0v) is 7.32. The summed E-state index contributed by atoms with van der Waals surface area (Å²) in [7, 11) is 1.59. The van der Waals surface area contributed by atoms with Gasteiger partial charge in [-0.15, -0.1) is 0 Å². The van der Waals surface area contributed by atoms with E-state index in [1.165, 1.54) is 0 Å². The fourth-order valence-corrected chi connectivity index (χ4v) is 2.27. The van der Waals surface area contributed by atoms with Gasteiger partial charge < -0.3 is 4.74 Å². The number of ether oxygens (including phenoxy) is 1. The molecule has 0 N–H and O–H groups in total. The number of rotatable bonds is 2. The van der Waals surface area contributed by atoms with Gasteiger partial charge in [0.25, 0.3) is 0 Å². The van der Waals surface area contributed by atoms with Gasteiger partial charge in [-0.05, 0) is 11.5 Å². The third kappa shape index (κ3) is 2.06. The molecule has 0 amide bonds. The number of methoxy groups -OCH3 is 1. The van der Waals surface area contributed by atoms with E-state index >= 15 is 0 Å². The highest BCUT2D eigenvalue weighted by atomic mass is 32.2. The molecule has 1 fully saturated rings. The van der Waals surface area contributed by atoms with Crippen molar-refractivity contribution in [1.29, 1.82) is 0 Å². The van der Waals surface area contributed by atoms with E-state index in [9.17, 15) is 4.79 Å². The summed E-state index contributed by atoms with van der Waals surface area (Å²) in [6.45, 7) is 0. The molecule has 0 bridgehead atoms. The van der Waals surface area contributed by atoms with Gasteiger partial charge in [-0.25, -0.2) is 4.79 Å². The molecule has 0 radical (unpaired) electrons. The summed E-state index contributed by atoms with van der Waals surface area (Å²) in [5.74, 6) is 2.03. The predicted octanol–water partition coefficient (Wildman–Crippen LogP) is 1.19. The van der Waals surface area contributed by atoms with Crippen LogP contribution in [0.3, 0.4) is 0 Å². The number of nitrogens with zero attached hydrogens (tertiary/aromatic N) is 1. The van der Waals surface area contributed by atoms with Crippen LogP contribution in [0, 0.1) is 0 Å². The summed E-state index contributed by atoms with van der Waals surface area (Å²) in [5, 5.41) is 0. The van der Waals surface area contributed by atoms with Crippen molar-refractivity contribution >= 4 is 17.8 Å². The van der Waals surface area contributed by atoms with Crippen LogP contribution in [-0.2, 0) is 9.53 Å². The smallest absolute Gasteiger partial charge is 0.237 e. The molecule has 1 rings (SSSR count). The maximum atomic E-state index is 10.1. The van der Waals surface area contributed by atoms with Gasteiger partial charge in [0.15, 0.2) is 5.72 Å². The van der Waals surface area contributed by atoms with E-state index in [0.717, 1.165) is 24.3 Å². The van der Waals surface area contributed by atoms with Crippen LogP contribution in [0.1, 0.15) is 12.8 Å². The minimum absolute atomic E-state index is 0.549. The molecule has 1 aliphatic heterocycles. The second-order valence-corrected chi connectivity index (χ2v) is 3.69. The Kier molecular flexibility index (Phi) is 3.12. The van der Waals surface area contributed by atoms with E-state index in [4.69, 9.17) is 4.74 Å². The molecule has 1 heterocycles. The molecule has 0 aromatic rings. The summed E-state index contributed by atoms with van der Waals surface area (Å²) in [4.78, 5) is 13.8. The van der Waals surface area contributed by atoms with Crippen LogP contribution in [-0.4, -0.2) is 30.4 Å². The number of carbonyl (C=O) groups excluding carboxylic acids is 1. The Morgan fingerprint density at radius 2 is 2.18 bits per heavy atom. The summed E-state index contributed by atoms with van der Waals surface area (Å²) in [5.41, 5.74) is -0.549. The van der Waals surface area contributed by atoms with Crippen molar-refractivity contribution in [2.45, 2.75) is 18.6 Å². The molecule has 0 unspecified atom stereocenters. The van der Waals surface area contributed by atoms with Gasteiger partial charge in [0.2, 0.25) is 6.08 Å². The first-order chi connectivity index (χ1) is 5.33. The first kappa shape index (κ1) is 8.78. The molecule has 0 spiro atoms. The molecular formula is C7H11NO2S. The normalized spacial score (nSPS) is 22.3. The number of hydrogen-bond donors (Lipinski definition) is 0. The van der Waals surface area contributed by atoms with Gasteiger partial charge in [0, 0.05) is 20.0 Å². The largest absolute Gasteiger partial charge is 0.356 e. The fourth-order valence-electron chi connectivity index (χ4n) is 1.14. The van der Waals surface area contributed by atoms with Crippen molar-refractivity contribution in [2.24, 2.45) is 4.99 Å². The average molecular weight is 173 g/mol. The van der Waals surface area contributed by atoms with E-state index in [1.807, 2.05) is 11.8 Å². The molecule has 0 aromatic heterocycles. The van der Waals surface area contributed by atoms with E-state index in [2.05, 4.69) is 4.99 Å². The average Bonchev–Trinajstić information content (AvgIpc) is 2.07. The lowest BCUT2D eigenvalue weighted by Gasteiger charge is -2.29. The number of aliphatic imine (C=N–C) groups is 1. The van der Waals surface area contributed by atoms with Crippen molar-refractivity contribution in [3.8, 4) is 0 Å². The molecule has 1 saturated heterocycles. The SMILES string of the molecule is COC1(N=C=O)CCSCC1. The summed E-state index contributed by atoms with van der Waals surface area (Å²) < 4.78 is 5.18. The summed E-state index contributed by atoms with van der Waals surface area (Å²) in [6, 6.07) is 0. The lowest BCUT2D eigenvalue weighted by Crippen LogP contribution is -2.33. The second-order valence-electron chi connectivity index (χ2n) is 2.47. The van der Waals surface area contributed by atoms with Crippen molar-refractivity contribution < 1.29 is 9.53 Å². The zero-order chi connectivity index (χ0) is 8.16. The van der Waals surface area contributed by atoms with Crippen LogP contribution in [0.4, 0.5) is 0 Å². The van der Waals surface area contributed by atoms with Crippen LogP contribution in [0.5, 0.6) is 0 Å². The van der Waals surface area contributed by atoms with Crippen molar-refractivity contribution in [1.82, 2.24) is 0 Å². The van der Waals surface area contributed by atoms with Crippen LogP contribution in [0.15, 0.2) is 4.99 Å². The quantitative estimate of drug-likeness (QED) is 0.465. The van der Waals surface area contributed by atoms with Gasteiger partial charge in [-0.2, -0.15) is 16.8 Å². The first-order valence-electron chi connectivity index (χ1n) is 3.55. The Hall–Kier alpha value is -0.310. The minimum Gasteiger partial charge on any atom is -0.356 e. The van der Waals surface area contributed by atoms with Crippen molar-refractivity contribution in [3.63, 3.8) is 0 Å². The Morgan fingerprint density at radius 3 is 2.64 bits per heavy atom. The molecule has 0 aliphatic carbocycles. The maximum Gasteiger partial charge on any atom is 0.237 e. The highest BCUT2D eigenvalue weighted by molar-refractivity contribution is 7.99. The van der Waals surface area contributed by atoms with Gasteiger partial charge in [0.1, 0.15) is 0 Å². The lowest BCUT2D eigenvalue weighted by molar-refractivity contribution is -0.00897. The number of thioether (sulfide) groups is 1. The van der Waals surface area contributed by atoms with Gasteiger partial charge in [-0.1, -0.05) is 0 Å². The number of isocyanates is 1. The number of hydrogen-bond acceptors (Lipinski definition) is 4.